The topological polar surface area (TPSA) is 38.8 Å². The monoisotopic (exact) mass is 415 g/mol. The summed E-state index contributed by atoms with van der Waals surface area (Å²) in [6, 6.07) is 9.96. The fraction of sp³-hybridized carbons (Fsp3) is 0.364. The summed E-state index contributed by atoms with van der Waals surface area (Å²) in [4.78, 5) is 15.2. The van der Waals surface area contributed by atoms with Crippen molar-refractivity contribution in [2.75, 3.05) is 19.8 Å². The van der Waals surface area contributed by atoms with Gasteiger partial charge in [0, 0.05) is 12.1 Å². The van der Waals surface area contributed by atoms with Crippen LogP contribution in [0.4, 0.5) is 0 Å². The van der Waals surface area contributed by atoms with Gasteiger partial charge in [-0.1, -0.05) is 50.0 Å². The first-order chi connectivity index (χ1) is 13.4. The van der Waals surface area contributed by atoms with Gasteiger partial charge >= 0.3 is 0 Å². The highest BCUT2D eigenvalue weighted by Crippen LogP contribution is 2.38. The van der Waals surface area contributed by atoms with Crippen LogP contribution in [-0.4, -0.2) is 34.9 Å². The first-order valence-corrected chi connectivity index (χ1v) is 10.7. The van der Waals surface area contributed by atoms with Gasteiger partial charge in [0.1, 0.15) is 15.8 Å². The van der Waals surface area contributed by atoms with E-state index in [-0.39, 0.29) is 5.91 Å². The van der Waals surface area contributed by atoms with E-state index < -0.39 is 0 Å². The molecule has 1 aliphatic heterocycles. The zero-order valence-corrected chi connectivity index (χ0v) is 18.3. The summed E-state index contributed by atoms with van der Waals surface area (Å²) in [5.41, 5.74) is 0.881. The van der Waals surface area contributed by atoms with E-state index in [0.717, 1.165) is 27.8 Å². The minimum absolute atomic E-state index is 0.0379. The quantitative estimate of drug-likeness (QED) is 0.441. The second-order valence-corrected chi connectivity index (χ2v) is 8.59. The van der Waals surface area contributed by atoms with Crippen molar-refractivity contribution in [1.82, 2.24) is 4.90 Å². The van der Waals surface area contributed by atoms with E-state index in [4.69, 9.17) is 21.7 Å². The van der Waals surface area contributed by atoms with Gasteiger partial charge in [-0.05, 0) is 54.8 Å². The number of benzene rings is 2. The lowest BCUT2D eigenvalue weighted by molar-refractivity contribution is -0.122. The Morgan fingerprint density at radius 2 is 1.86 bits per heavy atom. The van der Waals surface area contributed by atoms with Crippen molar-refractivity contribution in [3.8, 4) is 11.5 Å². The number of carbonyl (C=O) groups is 1. The minimum Gasteiger partial charge on any atom is -0.494 e. The molecule has 6 heteroatoms. The molecule has 0 aliphatic carbocycles. The van der Waals surface area contributed by atoms with Crippen LogP contribution in [-0.2, 0) is 4.79 Å². The predicted octanol–water partition coefficient (Wildman–Crippen LogP) is 5.49. The highest BCUT2D eigenvalue weighted by atomic mass is 32.2. The van der Waals surface area contributed by atoms with Crippen LogP contribution in [0.25, 0.3) is 16.8 Å². The van der Waals surface area contributed by atoms with Crippen molar-refractivity contribution in [3.05, 3.63) is 40.8 Å². The number of thiocarbonyl (C=S) groups is 1. The normalized spacial score (nSPS) is 15.9. The molecule has 2 aromatic carbocycles. The number of carbonyl (C=O) groups excluding carboxylic acids is 1. The largest absolute Gasteiger partial charge is 0.494 e. The lowest BCUT2D eigenvalue weighted by Crippen LogP contribution is -2.31. The zero-order chi connectivity index (χ0) is 20.3. The Bertz CT molecular complexity index is 932. The molecular formula is C22H25NO3S2. The summed E-state index contributed by atoms with van der Waals surface area (Å²) in [7, 11) is 0. The summed E-state index contributed by atoms with van der Waals surface area (Å²) in [5.74, 6) is 1.86. The number of rotatable bonds is 7. The van der Waals surface area contributed by atoms with Gasteiger partial charge in [0.25, 0.3) is 5.91 Å². The van der Waals surface area contributed by atoms with Crippen molar-refractivity contribution in [1.29, 1.82) is 0 Å². The maximum atomic E-state index is 12.9. The van der Waals surface area contributed by atoms with Gasteiger partial charge in [0.05, 0.1) is 18.1 Å². The summed E-state index contributed by atoms with van der Waals surface area (Å²) < 4.78 is 12.1. The van der Waals surface area contributed by atoms with E-state index in [0.29, 0.717) is 34.9 Å². The molecule has 148 valence electrons. The second kappa shape index (κ2) is 8.97. The summed E-state index contributed by atoms with van der Waals surface area (Å²) in [5, 5.41) is 2.06. The van der Waals surface area contributed by atoms with Crippen molar-refractivity contribution in [2.45, 2.75) is 27.7 Å². The number of fused-ring (bicyclic) bond motifs is 1. The first-order valence-electron chi connectivity index (χ1n) is 9.52. The molecule has 0 atom stereocenters. The number of hydrogen-bond donors (Lipinski definition) is 0. The summed E-state index contributed by atoms with van der Waals surface area (Å²) >= 11 is 6.79. The molecule has 4 nitrogen and oxygen atoms in total. The molecule has 3 rings (SSSR count). The number of ether oxygens (including phenoxy) is 2. The molecule has 0 bridgehead atoms. The molecule has 0 aromatic heterocycles. The summed E-state index contributed by atoms with van der Waals surface area (Å²) in [6.07, 6.45) is 1.91. The van der Waals surface area contributed by atoms with Gasteiger partial charge in [-0.25, -0.2) is 0 Å². The molecule has 0 saturated carbocycles. The van der Waals surface area contributed by atoms with Crippen molar-refractivity contribution >= 4 is 51.1 Å². The summed E-state index contributed by atoms with van der Waals surface area (Å²) in [6.45, 7) is 9.84. The third-order valence-corrected chi connectivity index (χ3v) is 5.68. The fourth-order valence-corrected chi connectivity index (χ4v) is 4.40. The lowest BCUT2D eigenvalue weighted by atomic mass is 10.0. The molecule has 0 N–H and O–H groups in total. The number of nitrogens with zero attached hydrogens (tertiary/aromatic N) is 1. The molecule has 0 unspecified atom stereocenters. The fourth-order valence-electron chi connectivity index (χ4n) is 3.14. The highest BCUT2D eigenvalue weighted by Gasteiger charge is 2.32. The van der Waals surface area contributed by atoms with E-state index in [1.54, 1.807) is 4.90 Å². The van der Waals surface area contributed by atoms with E-state index in [1.807, 2.05) is 50.3 Å². The van der Waals surface area contributed by atoms with Crippen LogP contribution in [0, 0.1) is 5.92 Å². The van der Waals surface area contributed by atoms with Gasteiger partial charge in [-0.15, -0.1) is 0 Å². The molecule has 0 radical (unpaired) electrons. The Labute approximate surface area is 175 Å². The van der Waals surface area contributed by atoms with Gasteiger partial charge in [0.2, 0.25) is 0 Å². The Morgan fingerprint density at radius 1 is 1.14 bits per heavy atom. The number of amides is 1. The average Bonchev–Trinajstić information content (AvgIpc) is 2.91. The maximum Gasteiger partial charge on any atom is 0.266 e. The Hall–Kier alpha value is -2.05. The van der Waals surface area contributed by atoms with Crippen LogP contribution in [0.5, 0.6) is 11.5 Å². The standard InChI is InChI=1S/C22H25NO3S2/c1-5-25-16-9-7-15-8-10-19(26-6-2)18(17(15)11-16)12-20-21(24)23(13-14(3)4)22(27)28-20/h7-12,14H,5-6,13H2,1-4H3/b20-12-. The lowest BCUT2D eigenvalue weighted by Gasteiger charge is -2.16. The van der Waals surface area contributed by atoms with Crippen LogP contribution < -0.4 is 9.47 Å². The average molecular weight is 416 g/mol. The predicted molar refractivity (Wildman–Crippen MR) is 121 cm³/mol. The molecule has 0 spiro atoms. The van der Waals surface area contributed by atoms with Crippen LogP contribution >= 0.6 is 24.0 Å². The van der Waals surface area contributed by atoms with E-state index >= 15 is 0 Å². The first kappa shape index (κ1) is 20.7. The Kier molecular flexibility index (Phi) is 6.62. The SMILES string of the molecule is CCOc1ccc2ccc(OCC)c(/C=C3\SC(=S)N(CC(C)C)C3=O)c2c1. The van der Waals surface area contributed by atoms with Crippen molar-refractivity contribution < 1.29 is 14.3 Å². The van der Waals surface area contributed by atoms with Crippen LogP contribution in [0.1, 0.15) is 33.3 Å². The second-order valence-electron chi connectivity index (χ2n) is 6.91. The van der Waals surface area contributed by atoms with Crippen LogP contribution in [0.15, 0.2) is 35.2 Å². The maximum absolute atomic E-state index is 12.9. The van der Waals surface area contributed by atoms with Crippen molar-refractivity contribution in [3.63, 3.8) is 0 Å². The molecule has 1 aliphatic rings. The van der Waals surface area contributed by atoms with E-state index in [9.17, 15) is 4.79 Å². The van der Waals surface area contributed by atoms with Crippen LogP contribution in [0.3, 0.4) is 0 Å². The molecule has 2 aromatic rings. The van der Waals surface area contributed by atoms with Gasteiger partial charge in [-0.3, -0.25) is 9.69 Å². The van der Waals surface area contributed by atoms with Crippen LogP contribution in [0.2, 0.25) is 0 Å². The van der Waals surface area contributed by atoms with Gasteiger partial charge < -0.3 is 9.47 Å². The van der Waals surface area contributed by atoms with Gasteiger partial charge in [-0.2, -0.15) is 0 Å². The minimum atomic E-state index is -0.0379. The highest BCUT2D eigenvalue weighted by molar-refractivity contribution is 8.26. The number of thioether (sulfide) groups is 1. The Balaban J connectivity index is 2.11. The molecule has 1 heterocycles. The number of hydrogen-bond acceptors (Lipinski definition) is 5. The van der Waals surface area contributed by atoms with Gasteiger partial charge in [0.15, 0.2) is 0 Å². The molecule has 1 amide bonds. The Morgan fingerprint density at radius 3 is 2.54 bits per heavy atom. The van der Waals surface area contributed by atoms with E-state index in [2.05, 4.69) is 13.8 Å². The van der Waals surface area contributed by atoms with Crippen molar-refractivity contribution in [2.24, 2.45) is 5.92 Å². The molecule has 1 fully saturated rings. The third kappa shape index (κ3) is 4.33. The van der Waals surface area contributed by atoms with E-state index in [1.165, 1.54) is 11.8 Å². The smallest absolute Gasteiger partial charge is 0.266 e. The molecular weight excluding hydrogens is 390 g/mol. The zero-order valence-electron chi connectivity index (χ0n) is 16.7. The third-order valence-electron chi connectivity index (χ3n) is 4.30. The molecule has 1 saturated heterocycles. The molecule has 28 heavy (non-hydrogen) atoms.